The van der Waals surface area contributed by atoms with E-state index in [1.165, 1.54) is 28.6 Å². The number of hydrogen-bond donors (Lipinski definition) is 1. The number of nitrogens with one attached hydrogen (secondary N) is 1. The Labute approximate surface area is 124 Å². The zero-order valence-corrected chi connectivity index (χ0v) is 12.7. The van der Waals surface area contributed by atoms with E-state index in [0.29, 0.717) is 0 Å². The van der Waals surface area contributed by atoms with Crippen molar-refractivity contribution >= 4 is 22.7 Å². The predicted octanol–water partition coefficient (Wildman–Crippen LogP) is 3.17. The number of rotatable bonds is 2. The molecule has 1 aliphatic rings. The first kappa shape index (κ1) is 13.9. The highest BCUT2D eigenvalue weighted by Gasteiger charge is 2.13. The Morgan fingerprint density at radius 1 is 1.25 bits per heavy atom. The molecular formula is C16H21N3S. The number of fused-ring (bicyclic) bond motifs is 1. The van der Waals surface area contributed by atoms with Crippen molar-refractivity contribution in [3.8, 4) is 0 Å². The molecule has 1 aliphatic heterocycles. The molecule has 1 aromatic carbocycles. The zero-order valence-electron chi connectivity index (χ0n) is 11.9. The summed E-state index contributed by atoms with van der Waals surface area (Å²) in [4.78, 5) is 5.48. The molecule has 1 atom stereocenters. The highest BCUT2D eigenvalue weighted by atomic mass is 32.2. The lowest BCUT2D eigenvalue weighted by Crippen LogP contribution is -2.35. The summed E-state index contributed by atoms with van der Waals surface area (Å²) in [5.41, 5.74) is 0. The number of nitrogens with zero attached hydrogens (tertiary/aromatic N) is 2. The molecule has 1 saturated heterocycles. The van der Waals surface area contributed by atoms with E-state index < -0.39 is 0 Å². The molecule has 20 heavy (non-hydrogen) atoms. The van der Waals surface area contributed by atoms with Crippen LogP contribution >= 0.6 is 11.9 Å². The fourth-order valence-electron chi connectivity index (χ4n) is 2.49. The van der Waals surface area contributed by atoms with Gasteiger partial charge < -0.3 is 5.32 Å². The summed E-state index contributed by atoms with van der Waals surface area (Å²) in [5.74, 6) is 0.765. The Bertz CT molecular complexity index is 572. The second-order valence-electron chi connectivity index (χ2n) is 5.50. The van der Waals surface area contributed by atoms with Gasteiger partial charge in [-0.2, -0.15) is 0 Å². The molecule has 4 heteroatoms. The molecule has 2 aromatic rings. The van der Waals surface area contributed by atoms with Crippen molar-refractivity contribution in [1.29, 1.82) is 0 Å². The third-order valence-electron chi connectivity index (χ3n) is 3.75. The molecule has 2 heterocycles. The van der Waals surface area contributed by atoms with Crippen molar-refractivity contribution in [2.45, 2.75) is 18.2 Å². The minimum atomic E-state index is 0.765. The molecule has 0 radical (unpaired) electrons. The fourth-order valence-corrected chi connectivity index (χ4v) is 3.48. The fraction of sp³-hybridized carbons (Fsp3) is 0.438. The van der Waals surface area contributed by atoms with E-state index in [1.807, 2.05) is 24.3 Å². The van der Waals surface area contributed by atoms with Crippen LogP contribution in [0.5, 0.6) is 0 Å². The minimum Gasteiger partial charge on any atom is -0.315 e. The van der Waals surface area contributed by atoms with E-state index in [4.69, 9.17) is 0 Å². The number of hydrogen-bond acceptors (Lipinski definition) is 4. The molecule has 0 spiro atoms. The van der Waals surface area contributed by atoms with Gasteiger partial charge in [0.2, 0.25) is 0 Å². The number of aromatic nitrogens is 1. The van der Waals surface area contributed by atoms with E-state index in [0.717, 1.165) is 25.6 Å². The molecule has 1 fully saturated rings. The Morgan fingerprint density at radius 3 is 3.15 bits per heavy atom. The quantitative estimate of drug-likeness (QED) is 0.859. The van der Waals surface area contributed by atoms with Gasteiger partial charge in [0.1, 0.15) is 0 Å². The van der Waals surface area contributed by atoms with E-state index in [1.54, 1.807) is 0 Å². The summed E-state index contributed by atoms with van der Waals surface area (Å²) < 4.78 is 2.48. The van der Waals surface area contributed by atoms with Crippen LogP contribution in [0.1, 0.15) is 13.3 Å². The van der Waals surface area contributed by atoms with Crippen LogP contribution in [-0.4, -0.2) is 35.5 Å². The average molecular weight is 287 g/mol. The number of benzene rings is 1. The standard InChI is InChI=1S/C16H21N3S/c1-13-5-8-19(9-7-18-11-13)20-16-3-2-15-12-17-6-4-14(15)10-16/h2-4,6,10,12-13,18H,5,7-9,11H2,1H3/t13-/m1/s1. The summed E-state index contributed by atoms with van der Waals surface area (Å²) in [6.45, 7) is 6.83. The van der Waals surface area contributed by atoms with E-state index in [-0.39, 0.29) is 0 Å². The molecule has 106 valence electrons. The summed E-state index contributed by atoms with van der Waals surface area (Å²) in [6, 6.07) is 8.70. The van der Waals surface area contributed by atoms with E-state index in [2.05, 4.69) is 45.8 Å². The van der Waals surface area contributed by atoms with Crippen LogP contribution in [0.4, 0.5) is 0 Å². The summed E-state index contributed by atoms with van der Waals surface area (Å²) in [7, 11) is 0. The molecule has 0 unspecified atom stereocenters. The summed E-state index contributed by atoms with van der Waals surface area (Å²) in [6.07, 6.45) is 5.04. The Kier molecular flexibility index (Phi) is 4.55. The topological polar surface area (TPSA) is 28.2 Å². The van der Waals surface area contributed by atoms with Crippen molar-refractivity contribution in [2.24, 2.45) is 5.92 Å². The maximum atomic E-state index is 4.16. The molecule has 3 nitrogen and oxygen atoms in total. The summed E-state index contributed by atoms with van der Waals surface area (Å²) >= 11 is 1.88. The van der Waals surface area contributed by atoms with Crippen LogP contribution in [0.25, 0.3) is 10.8 Å². The first-order valence-corrected chi connectivity index (χ1v) is 8.06. The van der Waals surface area contributed by atoms with Crippen LogP contribution in [-0.2, 0) is 0 Å². The summed E-state index contributed by atoms with van der Waals surface area (Å²) in [5, 5.41) is 5.99. The smallest absolute Gasteiger partial charge is 0.0346 e. The SMILES string of the molecule is C[C@@H]1CCN(Sc2ccc3cnccc3c2)CCNC1. The van der Waals surface area contributed by atoms with Gasteiger partial charge in [-0.3, -0.25) is 4.98 Å². The lowest BCUT2D eigenvalue weighted by atomic mass is 10.1. The lowest BCUT2D eigenvalue weighted by molar-refractivity contribution is 0.354. The van der Waals surface area contributed by atoms with Gasteiger partial charge in [0.05, 0.1) is 0 Å². The highest BCUT2D eigenvalue weighted by Crippen LogP contribution is 2.27. The van der Waals surface area contributed by atoms with Crippen molar-refractivity contribution in [2.75, 3.05) is 26.2 Å². The third-order valence-corrected chi connectivity index (χ3v) is 4.84. The average Bonchev–Trinajstić information content (AvgIpc) is 2.46. The second kappa shape index (κ2) is 6.57. The van der Waals surface area contributed by atoms with Crippen molar-refractivity contribution in [3.05, 3.63) is 36.7 Å². The lowest BCUT2D eigenvalue weighted by Gasteiger charge is -2.26. The largest absolute Gasteiger partial charge is 0.315 e. The van der Waals surface area contributed by atoms with Crippen molar-refractivity contribution in [3.63, 3.8) is 0 Å². The van der Waals surface area contributed by atoms with Gasteiger partial charge in [-0.25, -0.2) is 4.31 Å². The van der Waals surface area contributed by atoms with E-state index >= 15 is 0 Å². The molecular weight excluding hydrogens is 266 g/mol. The molecule has 0 bridgehead atoms. The maximum absolute atomic E-state index is 4.16. The van der Waals surface area contributed by atoms with Gasteiger partial charge in [0.15, 0.2) is 0 Å². The van der Waals surface area contributed by atoms with Crippen molar-refractivity contribution in [1.82, 2.24) is 14.6 Å². The third kappa shape index (κ3) is 3.51. The van der Waals surface area contributed by atoms with Gasteiger partial charge in [-0.1, -0.05) is 13.0 Å². The second-order valence-corrected chi connectivity index (χ2v) is 6.67. The highest BCUT2D eigenvalue weighted by molar-refractivity contribution is 7.97. The van der Waals surface area contributed by atoms with Gasteiger partial charge in [-0.05, 0) is 54.4 Å². The van der Waals surface area contributed by atoms with Crippen LogP contribution in [0.2, 0.25) is 0 Å². The molecule has 1 N–H and O–H groups in total. The van der Waals surface area contributed by atoms with E-state index in [9.17, 15) is 0 Å². The van der Waals surface area contributed by atoms with Crippen LogP contribution < -0.4 is 5.32 Å². The van der Waals surface area contributed by atoms with Gasteiger partial charge in [0, 0.05) is 42.3 Å². The first-order chi connectivity index (χ1) is 9.81. The Morgan fingerprint density at radius 2 is 2.20 bits per heavy atom. The number of pyridine rings is 1. The zero-order chi connectivity index (χ0) is 13.8. The van der Waals surface area contributed by atoms with Gasteiger partial charge in [-0.15, -0.1) is 0 Å². The Balaban J connectivity index is 1.71. The normalized spacial score (nSPS) is 21.6. The van der Waals surface area contributed by atoms with Gasteiger partial charge >= 0.3 is 0 Å². The molecule has 0 saturated carbocycles. The molecule has 3 rings (SSSR count). The molecule has 0 aliphatic carbocycles. The monoisotopic (exact) mass is 287 g/mol. The van der Waals surface area contributed by atoms with Crippen LogP contribution in [0.3, 0.4) is 0 Å². The minimum absolute atomic E-state index is 0.765. The van der Waals surface area contributed by atoms with Gasteiger partial charge in [0.25, 0.3) is 0 Å². The Hall–Kier alpha value is -1.10. The van der Waals surface area contributed by atoms with Crippen LogP contribution in [0, 0.1) is 5.92 Å². The molecule has 1 aromatic heterocycles. The predicted molar refractivity (Wildman–Crippen MR) is 85.8 cm³/mol. The van der Waals surface area contributed by atoms with Crippen molar-refractivity contribution < 1.29 is 0 Å². The maximum Gasteiger partial charge on any atom is 0.0346 e. The van der Waals surface area contributed by atoms with Crippen LogP contribution in [0.15, 0.2) is 41.6 Å². The first-order valence-electron chi connectivity index (χ1n) is 7.29. The molecule has 0 amide bonds.